The van der Waals surface area contributed by atoms with Crippen molar-refractivity contribution in [2.45, 2.75) is 13.5 Å². The van der Waals surface area contributed by atoms with Crippen molar-refractivity contribution in [3.63, 3.8) is 0 Å². The van der Waals surface area contributed by atoms with E-state index in [1.54, 1.807) is 12.1 Å². The number of ketones is 1. The zero-order chi connectivity index (χ0) is 12.4. The molecule has 2 heterocycles. The van der Waals surface area contributed by atoms with Gasteiger partial charge in [0.05, 0.1) is 6.20 Å². The quantitative estimate of drug-likeness (QED) is 0.762. The lowest BCUT2D eigenvalue weighted by atomic mass is 10.3. The molecule has 88 valence electrons. The molecule has 7 heteroatoms. The van der Waals surface area contributed by atoms with Crippen molar-refractivity contribution in [2.75, 3.05) is 0 Å². The zero-order valence-electron chi connectivity index (χ0n) is 9.08. The lowest BCUT2D eigenvalue weighted by Gasteiger charge is -1.95. The maximum atomic E-state index is 11.0. The average Bonchev–Trinajstić information content (AvgIpc) is 2.87. The van der Waals surface area contributed by atoms with Gasteiger partial charge in [0.2, 0.25) is 0 Å². The number of nitrogens with zero attached hydrogens (tertiary/aromatic N) is 3. The third kappa shape index (κ3) is 2.39. The molecular weight excluding hydrogens is 224 g/mol. The minimum atomic E-state index is -0.639. The van der Waals surface area contributed by atoms with Gasteiger partial charge in [-0.3, -0.25) is 9.59 Å². The van der Waals surface area contributed by atoms with Crippen LogP contribution in [0.1, 0.15) is 33.7 Å². The van der Waals surface area contributed by atoms with Crippen LogP contribution < -0.4 is 5.73 Å². The first-order valence-corrected chi connectivity index (χ1v) is 4.86. The highest BCUT2D eigenvalue weighted by Gasteiger charge is 2.10. The van der Waals surface area contributed by atoms with Crippen LogP contribution in [0.15, 0.2) is 22.7 Å². The summed E-state index contributed by atoms with van der Waals surface area (Å²) in [5, 5.41) is 7.69. The Balaban J connectivity index is 2.13. The summed E-state index contributed by atoms with van der Waals surface area (Å²) in [4.78, 5) is 23.1. The monoisotopic (exact) mass is 234 g/mol. The molecule has 2 aromatic rings. The second-order valence-electron chi connectivity index (χ2n) is 3.45. The molecule has 0 unspecified atom stereocenters. The molecule has 0 spiro atoms. The Kier molecular flexibility index (Phi) is 2.73. The number of carbonyl (C=O) groups excluding carboxylic acids is 2. The number of nitrogens with two attached hydrogens (primary N) is 1. The summed E-state index contributed by atoms with van der Waals surface area (Å²) in [6.45, 7) is 1.65. The second kappa shape index (κ2) is 4.20. The van der Waals surface area contributed by atoms with Crippen molar-refractivity contribution in [1.29, 1.82) is 0 Å². The summed E-state index contributed by atoms with van der Waals surface area (Å²) in [5.74, 6) is 0.0201. The number of primary amides is 1. The normalized spacial score (nSPS) is 10.4. The van der Waals surface area contributed by atoms with Crippen LogP contribution >= 0.6 is 0 Å². The van der Waals surface area contributed by atoms with Crippen molar-refractivity contribution in [1.82, 2.24) is 15.0 Å². The van der Waals surface area contributed by atoms with E-state index < -0.39 is 5.91 Å². The van der Waals surface area contributed by atoms with Gasteiger partial charge in [0, 0.05) is 6.92 Å². The van der Waals surface area contributed by atoms with Crippen LogP contribution in [0.5, 0.6) is 0 Å². The number of hydrogen-bond acceptors (Lipinski definition) is 5. The summed E-state index contributed by atoms with van der Waals surface area (Å²) in [6.07, 6.45) is 1.27. The van der Waals surface area contributed by atoms with E-state index in [4.69, 9.17) is 10.2 Å². The fourth-order valence-corrected chi connectivity index (χ4v) is 1.28. The van der Waals surface area contributed by atoms with E-state index >= 15 is 0 Å². The summed E-state index contributed by atoms with van der Waals surface area (Å²) in [7, 11) is 0. The van der Waals surface area contributed by atoms with Gasteiger partial charge in [0.25, 0.3) is 5.91 Å². The molecule has 0 atom stereocenters. The van der Waals surface area contributed by atoms with Gasteiger partial charge in [-0.25, -0.2) is 0 Å². The topological polar surface area (TPSA) is 104 Å². The Bertz CT molecular complexity index is 519. The molecule has 7 nitrogen and oxygen atoms in total. The van der Waals surface area contributed by atoms with Gasteiger partial charge < -0.3 is 10.2 Å². The molecule has 0 aliphatic rings. The molecule has 2 rings (SSSR count). The summed E-state index contributed by atoms with van der Waals surface area (Å²) in [6, 6.07) is 3.24. The fourth-order valence-electron chi connectivity index (χ4n) is 1.28. The summed E-state index contributed by atoms with van der Waals surface area (Å²) in [5.41, 5.74) is 5.13. The van der Waals surface area contributed by atoms with Crippen LogP contribution in [0.25, 0.3) is 0 Å². The van der Waals surface area contributed by atoms with Gasteiger partial charge in [-0.2, -0.15) is 9.90 Å². The van der Waals surface area contributed by atoms with Crippen molar-refractivity contribution >= 4 is 11.7 Å². The number of rotatable bonds is 4. The third-order valence-corrected chi connectivity index (χ3v) is 2.09. The smallest absolute Gasteiger partial charge is 0.270 e. The molecule has 0 saturated heterocycles. The largest absolute Gasteiger partial charge is 0.456 e. The number of carbonyl (C=O) groups is 2. The Morgan fingerprint density at radius 2 is 2.24 bits per heavy atom. The highest BCUT2D eigenvalue weighted by atomic mass is 16.3. The van der Waals surface area contributed by atoms with Crippen LogP contribution in [0.2, 0.25) is 0 Å². The van der Waals surface area contributed by atoms with Crippen LogP contribution in [0, 0.1) is 0 Å². The van der Waals surface area contributed by atoms with Crippen molar-refractivity contribution in [2.24, 2.45) is 5.73 Å². The number of amides is 1. The van der Waals surface area contributed by atoms with Gasteiger partial charge in [-0.15, -0.1) is 5.10 Å². The first kappa shape index (κ1) is 11.1. The number of hydrogen-bond donors (Lipinski definition) is 1. The van der Waals surface area contributed by atoms with E-state index in [1.807, 2.05) is 0 Å². The molecule has 17 heavy (non-hydrogen) atoms. The molecule has 0 bridgehead atoms. The molecule has 0 aliphatic carbocycles. The number of Topliss-reactive ketones (excluding diaryl/α,β-unsaturated/α-hetero) is 1. The van der Waals surface area contributed by atoms with E-state index in [0.717, 1.165) is 0 Å². The maximum absolute atomic E-state index is 11.0. The van der Waals surface area contributed by atoms with Crippen molar-refractivity contribution in [3.05, 3.63) is 35.5 Å². The van der Waals surface area contributed by atoms with Crippen molar-refractivity contribution < 1.29 is 14.0 Å². The minimum Gasteiger partial charge on any atom is -0.456 e. The van der Waals surface area contributed by atoms with Crippen LogP contribution in [-0.4, -0.2) is 26.7 Å². The lowest BCUT2D eigenvalue weighted by Crippen LogP contribution is -2.12. The van der Waals surface area contributed by atoms with Gasteiger partial charge in [-0.05, 0) is 12.1 Å². The Hall–Kier alpha value is -2.44. The Morgan fingerprint density at radius 3 is 2.76 bits per heavy atom. The standard InChI is InChI=1S/C10H10N4O3/c1-6(15)9-3-2-7(17-9)5-14-12-4-8(13-14)10(11)16/h2-4H,5H2,1H3,(H2,11,16). The molecule has 0 saturated carbocycles. The molecule has 2 aromatic heterocycles. The molecule has 2 N–H and O–H groups in total. The highest BCUT2D eigenvalue weighted by molar-refractivity contribution is 5.91. The molecule has 0 fully saturated rings. The van der Waals surface area contributed by atoms with E-state index in [0.29, 0.717) is 5.76 Å². The predicted octanol–water partition coefficient (Wildman–Crippen LogP) is 0.221. The number of aromatic nitrogens is 3. The minimum absolute atomic E-state index is 0.0864. The van der Waals surface area contributed by atoms with Crippen LogP contribution in [0.4, 0.5) is 0 Å². The van der Waals surface area contributed by atoms with Gasteiger partial charge in [-0.1, -0.05) is 0 Å². The van der Waals surface area contributed by atoms with E-state index in [9.17, 15) is 9.59 Å². The second-order valence-corrected chi connectivity index (χ2v) is 3.45. The third-order valence-electron chi connectivity index (χ3n) is 2.09. The van der Waals surface area contributed by atoms with Crippen molar-refractivity contribution in [3.8, 4) is 0 Å². The molecule has 1 amide bonds. The summed E-state index contributed by atoms with van der Waals surface area (Å²) >= 11 is 0. The molecule has 0 aliphatic heterocycles. The first-order valence-electron chi connectivity index (χ1n) is 4.86. The van der Waals surface area contributed by atoms with Crippen LogP contribution in [0.3, 0.4) is 0 Å². The predicted molar refractivity (Wildman–Crippen MR) is 56.4 cm³/mol. The Morgan fingerprint density at radius 1 is 1.47 bits per heavy atom. The van der Waals surface area contributed by atoms with E-state index in [-0.39, 0.29) is 23.8 Å². The number of furan rings is 1. The fraction of sp³-hybridized carbons (Fsp3) is 0.200. The van der Waals surface area contributed by atoms with Crippen LogP contribution in [-0.2, 0) is 6.54 Å². The Labute approximate surface area is 96.2 Å². The summed E-state index contributed by atoms with van der Waals surface area (Å²) < 4.78 is 5.25. The lowest BCUT2D eigenvalue weighted by molar-refractivity contribution is 0.0982. The molecule has 0 aromatic carbocycles. The zero-order valence-corrected chi connectivity index (χ0v) is 9.08. The first-order chi connectivity index (χ1) is 8.06. The highest BCUT2D eigenvalue weighted by Crippen LogP contribution is 2.09. The van der Waals surface area contributed by atoms with Gasteiger partial charge in [0.15, 0.2) is 17.2 Å². The SMILES string of the molecule is CC(=O)c1ccc(Cn2ncc(C(N)=O)n2)o1. The molecular formula is C10H10N4O3. The van der Waals surface area contributed by atoms with E-state index in [1.165, 1.54) is 17.9 Å². The van der Waals surface area contributed by atoms with Gasteiger partial charge in [0.1, 0.15) is 12.3 Å². The van der Waals surface area contributed by atoms with E-state index in [2.05, 4.69) is 10.2 Å². The maximum Gasteiger partial charge on any atom is 0.270 e. The molecule has 0 radical (unpaired) electrons. The average molecular weight is 234 g/mol. The van der Waals surface area contributed by atoms with Gasteiger partial charge >= 0.3 is 0 Å².